The van der Waals surface area contributed by atoms with Gasteiger partial charge in [0.25, 0.3) is 0 Å². The van der Waals surface area contributed by atoms with E-state index in [1.807, 2.05) is 18.3 Å². The molecule has 0 N–H and O–H groups in total. The van der Waals surface area contributed by atoms with E-state index in [2.05, 4.69) is 23.9 Å². The Bertz CT molecular complexity index is 450. The molecule has 0 saturated heterocycles. The summed E-state index contributed by atoms with van der Waals surface area (Å²) in [7, 11) is 0. The lowest BCUT2D eigenvalue weighted by Gasteiger charge is -2.12. The lowest BCUT2D eigenvalue weighted by Crippen LogP contribution is -2.12. The van der Waals surface area contributed by atoms with Gasteiger partial charge in [-0.25, -0.2) is 9.50 Å². The molecule has 0 saturated carbocycles. The summed E-state index contributed by atoms with van der Waals surface area (Å²) in [6.45, 7) is 4.24. The third-order valence-corrected chi connectivity index (χ3v) is 3.10. The molecule has 2 rings (SSSR count). The first-order valence-corrected chi connectivity index (χ1v) is 5.54. The van der Waals surface area contributed by atoms with E-state index in [1.165, 1.54) is 0 Å². The van der Waals surface area contributed by atoms with Crippen LogP contribution in [0.2, 0.25) is 0 Å². The molecule has 15 heavy (non-hydrogen) atoms. The van der Waals surface area contributed by atoms with Crippen molar-refractivity contribution in [2.75, 3.05) is 0 Å². The maximum atomic E-state index is 6.21. The zero-order chi connectivity index (χ0) is 10.8. The standard InChI is InChI=1S/C11H14ClN3/c1-8(2)10(12)7-9-4-6-15-11(14-9)3-5-13-15/h3-6,8,10H,7H2,1-2H3. The van der Waals surface area contributed by atoms with Crippen LogP contribution in [0.25, 0.3) is 5.65 Å². The van der Waals surface area contributed by atoms with Gasteiger partial charge in [0.2, 0.25) is 0 Å². The van der Waals surface area contributed by atoms with Crippen molar-refractivity contribution in [2.24, 2.45) is 5.92 Å². The van der Waals surface area contributed by atoms with Crippen LogP contribution < -0.4 is 0 Å². The van der Waals surface area contributed by atoms with Crippen LogP contribution in [0.4, 0.5) is 0 Å². The van der Waals surface area contributed by atoms with Gasteiger partial charge in [-0.2, -0.15) is 5.10 Å². The Kier molecular flexibility index (Phi) is 2.91. The van der Waals surface area contributed by atoms with E-state index in [9.17, 15) is 0 Å². The zero-order valence-corrected chi connectivity index (χ0v) is 9.65. The van der Waals surface area contributed by atoms with E-state index < -0.39 is 0 Å². The summed E-state index contributed by atoms with van der Waals surface area (Å²) in [4.78, 5) is 4.47. The second-order valence-electron chi connectivity index (χ2n) is 4.02. The summed E-state index contributed by atoms with van der Waals surface area (Å²) >= 11 is 6.21. The summed E-state index contributed by atoms with van der Waals surface area (Å²) in [5, 5.41) is 4.24. The summed E-state index contributed by atoms with van der Waals surface area (Å²) in [6, 6.07) is 3.86. The van der Waals surface area contributed by atoms with Crippen molar-refractivity contribution < 1.29 is 0 Å². The number of aromatic nitrogens is 3. The Morgan fingerprint density at radius 1 is 1.40 bits per heavy atom. The van der Waals surface area contributed by atoms with Gasteiger partial charge in [0.1, 0.15) is 0 Å². The highest BCUT2D eigenvalue weighted by Gasteiger charge is 2.11. The quantitative estimate of drug-likeness (QED) is 0.749. The van der Waals surface area contributed by atoms with Gasteiger partial charge >= 0.3 is 0 Å². The first kappa shape index (κ1) is 10.4. The van der Waals surface area contributed by atoms with Crippen LogP contribution in [0, 0.1) is 5.92 Å². The third kappa shape index (κ3) is 2.29. The van der Waals surface area contributed by atoms with Crippen LogP contribution in [0.1, 0.15) is 19.5 Å². The minimum Gasteiger partial charge on any atom is -0.234 e. The van der Waals surface area contributed by atoms with Crippen LogP contribution in [0.3, 0.4) is 0 Å². The highest BCUT2D eigenvalue weighted by molar-refractivity contribution is 6.20. The fourth-order valence-electron chi connectivity index (χ4n) is 1.40. The van der Waals surface area contributed by atoms with E-state index in [1.54, 1.807) is 10.7 Å². The van der Waals surface area contributed by atoms with E-state index in [-0.39, 0.29) is 5.38 Å². The highest BCUT2D eigenvalue weighted by atomic mass is 35.5. The van der Waals surface area contributed by atoms with Crippen molar-refractivity contribution in [3.63, 3.8) is 0 Å². The predicted octanol–water partition coefficient (Wildman–Crippen LogP) is 2.54. The molecule has 2 aromatic heterocycles. The van der Waals surface area contributed by atoms with Crippen molar-refractivity contribution in [3.05, 3.63) is 30.2 Å². The van der Waals surface area contributed by atoms with Crippen molar-refractivity contribution in [1.29, 1.82) is 0 Å². The van der Waals surface area contributed by atoms with Crippen molar-refractivity contribution in [2.45, 2.75) is 25.6 Å². The summed E-state index contributed by atoms with van der Waals surface area (Å²) < 4.78 is 1.75. The molecule has 80 valence electrons. The smallest absolute Gasteiger partial charge is 0.155 e. The van der Waals surface area contributed by atoms with Crippen LogP contribution in [0.15, 0.2) is 24.5 Å². The number of fused-ring (bicyclic) bond motifs is 1. The van der Waals surface area contributed by atoms with Gasteiger partial charge in [-0.15, -0.1) is 11.6 Å². The molecule has 0 aliphatic heterocycles. The minimum atomic E-state index is 0.142. The Hall–Kier alpha value is -1.09. The number of rotatable bonds is 3. The van der Waals surface area contributed by atoms with E-state index in [0.29, 0.717) is 5.92 Å². The molecular formula is C11H14ClN3. The molecule has 0 aliphatic carbocycles. The number of alkyl halides is 1. The molecule has 0 aliphatic rings. The lowest BCUT2D eigenvalue weighted by molar-refractivity contribution is 0.590. The number of nitrogens with zero attached hydrogens (tertiary/aromatic N) is 3. The molecule has 1 atom stereocenters. The number of hydrogen-bond acceptors (Lipinski definition) is 2. The maximum Gasteiger partial charge on any atom is 0.155 e. The fraction of sp³-hybridized carbons (Fsp3) is 0.455. The SMILES string of the molecule is CC(C)C(Cl)Cc1ccn2nccc2n1. The van der Waals surface area contributed by atoms with Crippen molar-refractivity contribution >= 4 is 17.2 Å². The van der Waals surface area contributed by atoms with Gasteiger partial charge in [0.15, 0.2) is 5.65 Å². The van der Waals surface area contributed by atoms with Crippen LogP contribution >= 0.6 is 11.6 Å². The summed E-state index contributed by atoms with van der Waals surface area (Å²) in [5.41, 5.74) is 1.90. The first-order chi connectivity index (χ1) is 7.16. The molecule has 0 fully saturated rings. The Morgan fingerprint density at radius 2 is 2.20 bits per heavy atom. The third-order valence-electron chi connectivity index (χ3n) is 2.44. The van der Waals surface area contributed by atoms with Gasteiger partial charge in [-0.3, -0.25) is 0 Å². The van der Waals surface area contributed by atoms with E-state index in [0.717, 1.165) is 17.8 Å². The van der Waals surface area contributed by atoms with Crippen LogP contribution in [0.5, 0.6) is 0 Å². The highest BCUT2D eigenvalue weighted by Crippen LogP contribution is 2.15. The molecule has 2 heterocycles. The van der Waals surface area contributed by atoms with Crippen LogP contribution in [-0.4, -0.2) is 20.0 Å². The summed E-state index contributed by atoms with van der Waals surface area (Å²) in [5.74, 6) is 0.467. The molecule has 3 nitrogen and oxygen atoms in total. The largest absolute Gasteiger partial charge is 0.234 e. The average Bonchev–Trinajstić information content (AvgIpc) is 2.64. The predicted molar refractivity (Wildman–Crippen MR) is 61.2 cm³/mol. The Labute approximate surface area is 94.1 Å². The van der Waals surface area contributed by atoms with Gasteiger partial charge in [-0.1, -0.05) is 13.8 Å². The number of halogens is 1. The minimum absolute atomic E-state index is 0.142. The molecule has 0 aromatic carbocycles. The Balaban J connectivity index is 2.21. The second kappa shape index (κ2) is 4.19. The van der Waals surface area contributed by atoms with Gasteiger partial charge in [0, 0.05) is 29.8 Å². The normalized spacial score (nSPS) is 13.6. The van der Waals surface area contributed by atoms with Crippen LogP contribution in [-0.2, 0) is 6.42 Å². The number of hydrogen-bond donors (Lipinski definition) is 0. The average molecular weight is 224 g/mol. The van der Waals surface area contributed by atoms with Gasteiger partial charge < -0.3 is 0 Å². The first-order valence-electron chi connectivity index (χ1n) is 5.10. The Morgan fingerprint density at radius 3 is 2.93 bits per heavy atom. The molecule has 1 unspecified atom stereocenters. The van der Waals surface area contributed by atoms with E-state index >= 15 is 0 Å². The molecule has 2 aromatic rings. The van der Waals surface area contributed by atoms with Gasteiger partial charge in [-0.05, 0) is 12.0 Å². The summed E-state index contributed by atoms with van der Waals surface area (Å²) in [6.07, 6.45) is 4.47. The van der Waals surface area contributed by atoms with Crippen molar-refractivity contribution in [3.8, 4) is 0 Å². The van der Waals surface area contributed by atoms with Gasteiger partial charge in [0.05, 0.1) is 6.20 Å². The fourth-order valence-corrected chi connectivity index (χ4v) is 1.56. The topological polar surface area (TPSA) is 30.2 Å². The molecule has 0 spiro atoms. The zero-order valence-electron chi connectivity index (χ0n) is 8.89. The maximum absolute atomic E-state index is 6.21. The molecule has 0 amide bonds. The van der Waals surface area contributed by atoms with Crippen molar-refractivity contribution in [1.82, 2.24) is 14.6 Å². The molecule has 4 heteroatoms. The lowest BCUT2D eigenvalue weighted by atomic mass is 10.1. The molecular weight excluding hydrogens is 210 g/mol. The molecule has 0 radical (unpaired) electrons. The second-order valence-corrected chi connectivity index (χ2v) is 4.58. The molecule has 0 bridgehead atoms. The van der Waals surface area contributed by atoms with E-state index in [4.69, 9.17) is 11.6 Å². The monoisotopic (exact) mass is 223 g/mol.